The molecule has 134 valence electrons. The van der Waals surface area contributed by atoms with Crippen molar-refractivity contribution < 1.29 is 14.6 Å². The van der Waals surface area contributed by atoms with Crippen LogP contribution in [0.3, 0.4) is 0 Å². The molecule has 0 spiro atoms. The van der Waals surface area contributed by atoms with Gasteiger partial charge in [-0.2, -0.15) is 5.26 Å². The van der Waals surface area contributed by atoms with Crippen LogP contribution in [-0.2, 0) is 13.0 Å². The first kappa shape index (κ1) is 17.8. The molecule has 2 aromatic carbocycles. The van der Waals surface area contributed by atoms with Gasteiger partial charge >= 0.3 is 6.03 Å². The maximum Gasteiger partial charge on any atom is 0.319 e. The number of nitrogens with one attached hydrogen (secondary N) is 2. The summed E-state index contributed by atoms with van der Waals surface area (Å²) in [5.74, 6) is 0.728. The Labute approximate surface area is 152 Å². The van der Waals surface area contributed by atoms with Crippen LogP contribution in [0.25, 0.3) is 0 Å². The van der Waals surface area contributed by atoms with E-state index in [1.165, 1.54) is 0 Å². The molecular formula is C20H21N3O3. The summed E-state index contributed by atoms with van der Waals surface area (Å²) in [4.78, 5) is 11.9. The highest BCUT2D eigenvalue weighted by molar-refractivity contribution is 5.89. The van der Waals surface area contributed by atoms with Gasteiger partial charge in [0.2, 0.25) is 0 Å². The number of aliphatic hydroxyl groups is 1. The number of nitrogens with zero attached hydrogens (tertiary/aromatic N) is 1. The summed E-state index contributed by atoms with van der Waals surface area (Å²) in [6.45, 7) is 0.379. The molecule has 6 heteroatoms. The summed E-state index contributed by atoms with van der Waals surface area (Å²) in [6, 6.07) is 16.8. The summed E-state index contributed by atoms with van der Waals surface area (Å²) in [7, 11) is 0. The number of urea groups is 1. The summed E-state index contributed by atoms with van der Waals surface area (Å²) >= 11 is 0. The minimum absolute atomic E-state index is 0.0421. The fourth-order valence-corrected chi connectivity index (χ4v) is 2.76. The van der Waals surface area contributed by atoms with Crippen molar-refractivity contribution in [2.24, 2.45) is 0 Å². The predicted octanol–water partition coefficient (Wildman–Crippen LogP) is 2.98. The Morgan fingerprint density at radius 3 is 2.65 bits per heavy atom. The van der Waals surface area contributed by atoms with Crippen molar-refractivity contribution in [2.45, 2.75) is 38.0 Å². The van der Waals surface area contributed by atoms with E-state index in [0.29, 0.717) is 31.6 Å². The summed E-state index contributed by atoms with van der Waals surface area (Å²) < 4.78 is 5.75. The van der Waals surface area contributed by atoms with Crippen LogP contribution < -0.4 is 15.4 Å². The fourth-order valence-electron chi connectivity index (χ4n) is 2.76. The number of carbonyl (C=O) groups is 1. The Kier molecular flexibility index (Phi) is 5.72. The lowest BCUT2D eigenvalue weighted by atomic mass is 9.90. The van der Waals surface area contributed by atoms with Gasteiger partial charge in [0, 0.05) is 11.7 Å². The molecule has 1 aliphatic rings. The number of carbonyl (C=O) groups excluding carboxylic acids is 1. The van der Waals surface area contributed by atoms with Crippen molar-refractivity contribution in [1.82, 2.24) is 5.32 Å². The Balaban J connectivity index is 1.50. The number of benzene rings is 2. The van der Waals surface area contributed by atoms with E-state index in [1.54, 1.807) is 0 Å². The third kappa shape index (κ3) is 4.98. The molecule has 0 aliphatic heterocycles. The van der Waals surface area contributed by atoms with E-state index < -0.39 is 0 Å². The third-order valence-corrected chi connectivity index (χ3v) is 4.25. The van der Waals surface area contributed by atoms with E-state index in [1.807, 2.05) is 48.5 Å². The highest BCUT2D eigenvalue weighted by Gasteiger charge is 2.28. The molecule has 2 amide bonds. The summed E-state index contributed by atoms with van der Waals surface area (Å²) in [5, 5.41) is 23.6. The number of nitriles is 1. The standard InChI is InChI=1S/C20H21N3O3/c21-9-8-14-4-6-19(7-5-14)26-13-15-2-1-3-16(10-15)22-20(25)23-17-11-18(24)12-17/h1-7,10,17-18,24H,8,11-13H2,(H2,22,23,25). The van der Waals surface area contributed by atoms with Crippen molar-refractivity contribution >= 4 is 11.7 Å². The zero-order valence-electron chi connectivity index (χ0n) is 14.3. The van der Waals surface area contributed by atoms with Crippen LogP contribution in [0.5, 0.6) is 5.75 Å². The first-order valence-corrected chi connectivity index (χ1v) is 8.55. The summed E-state index contributed by atoms with van der Waals surface area (Å²) in [6.07, 6.45) is 1.30. The molecule has 3 N–H and O–H groups in total. The van der Waals surface area contributed by atoms with Crippen molar-refractivity contribution in [3.63, 3.8) is 0 Å². The number of hydrogen-bond acceptors (Lipinski definition) is 4. The first-order valence-electron chi connectivity index (χ1n) is 8.55. The Hall–Kier alpha value is -3.04. The van der Waals surface area contributed by atoms with Crippen LogP contribution in [0.15, 0.2) is 48.5 Å². The molecule has 6 nitrogen and oxygen atoms in total. The average molecular weight is 351 g/mol. The molecular weight excluding hydrogens is 330 g/mol. The molecule has 1 saturated carbocycles. The van der Waals surface area contributed by atoms with Gasteiger partial charge in [-0.1, -0.05) is 24.3 Å². The van der Waals surface area contributed by atoms with Gasteiger partial charge in [-0.25, -0.2) is 4.79 Å². The number of aliphatic hydroxyl groups excluding tert-OH is 1. The SMILES string of the molecule is N#CCc1ccc(OCc2cccc(NC(=O)NC3CC(O)C3)c2)cc1. The number of ether oxygens (including phenoxy) is 1. The second-order valence-electron chi connectivity index (χ2n) is 6.39. The van der Waals surface area contributed by atoms with Gasteiger partial charge in [-0.3, -0.25) is 0 Å². The predicted molar refractivity (Wildman–Crippen MR) is 97.7 cm³/mol. The number of amides is 2. The minimum atomic E-state index is -0.297. The van der Waals surface area contributed by atoms with Crippen molar-refractivity contribution in [1.29, 1.82) is 5.26 Å². The van der Waals surface area contributed by atoms with Crippen molar-refractivity contribution in [3.8, 4) is 11.8 Å². The molecule has 0 atom stereocenters. The van der Waals surface area contributed by atoms with E-state index >= 15 is 0 Å². The quantitative estimate of drug-likeness (QED) is 0.746. The van der Waals surface area contributed by atoms with Crippen molar-refractivity contribution in [2.75, 3.05) is 5.32 Å². The first-order chi connectivity index (χ1) is 12.6. The zero-order valence-corrected chi connectivity index (χ0v) is 14.3. The lowest BCUT2D eigenvalue weighted by molar-refractivity contribution is 0.0671. The molecule has 0 aromatic heterocycles. The molecule has 1 fully saturated rings. The Morgan fingerprint density at radius 1 is 1.19 bits per heavy atom. The van der Waals surface area contributed by atoms with Crippen LogP contribution >= 0.6 is 0 Å². The smallest absolute Gasteiger partial charge is 0.319 e. The second kappa shape index (κ2) is 8.37. The lowest BCUT2D eigenvalue weighted by Gasteiger charge is -2.31. The molecule has 0 unspecified atom stereocenters. The van der Waals surface area contributed by atoms with Crippen LogP contribution in [-0.4, -0.2) is 23.3 Å². The van der Waals surface area contributed by atoms with Gasteiger partial charge in [0.25, 0.3) is 0 Å². The molecule has 1 aliphatic carbocycles. The minimum Gasteiger partial charge on any atom is -0.489 e. The van der Waals surface area contributed by atoms with E-state index in [9.17, 15) is 9.90 Å². The zero-order chi connectivity index (χ0) is 18.4. The lowest BCUT2D eigenvalue weighted by Crippen LogP contribution is -2.48. The normalized spacial score (nSPS) is 18.3. The second-order valence-corrected chi connectivity index (χ2v) is 6.39. The maximum atomic E-state index is 11.9. The van der Waals surface area contributed by atoms with Gasteiger partial charge in [-0.05, 0) is 48.2 Å². The number of rotatable bonds is 6. The van der Waals surface area contributed by atoms with Gasteiger partial charge < -0.3 is 20.5 Å². The van der Waals surface area contributed by atoms with Gasteiger partial charge in [0.1, 0.15) is 12.4 Å². The third-order valence-electron chi connectivity index (χ3n) is 4.25. The van der Waals surface area contributed by atoms with E-state index in [4.69, 9.17) is 10.00 Å². The van der Waals surface area contributed by atoms with E-state index in [0.717, 1.165) is 16.9 Å². The number of anilines is 1. The van der Waals surface area contributed by atoms with Crippen molar-refractivity contribution in [3.05, 3.63) is 59.7 Å². The molecule has 26 heavy (non-hydrogen) atoms. The van der Waals surface area contributed by atoms with Crippen LogP contribution in [0, 0.1) is 11.3 Å². The Bertz CT molecular complexity index is 793. The molecule has 0 saturated heterocycles. The van der Waals surface area contributed by atoms with Crippen LogP contribution in [0.1, 0.15) is 24.0 Å². The van der Waals surface area contributed by atoms with Gasteiger partial charge in [0.15, 0.2) is 0 Å². The highest BCUT2D eigenvalue weighted by atomic mass is 16.5. The fraction of sp³-hybridized carbons (Fsp3) is 0.300. The average Bonchev–Trinajstić information content (AvgIpc) is 2.60. The van der Waals surface area contributed by atoms with E-state index in [-0.39, 0.29) is 18.2 Å². The molecule has 2 aromatic rings. The topological polar surface area (TPSA) is 94.4 Å². The maximum absolute atomic E-state index is 11.9. The largest absolute Gasteiger partial charge is 0.489 e. The van der Waals surface area contributed by atoms with Crippen LogP contribution in [0.2, 0.25) is 0 Å². The molecule has 0 bridgehead atoms. The molecule has 0 heterocycles. The number of hydrogen-bond donors (Lipinski definition) is 3. The molecule has 3 rings (SSSR count). The highest BCUT2D eigenvalue weighted by Crippen LogP contribution is 2.20. The molecule has 0 radical (unpaired) electrons. The summed E-state index contributed by atoms with van der Waals surface area (Å²) in [5.41, 5.74) is 2.58. The van der Waals surface area contributed by atoms with Gasteiger partial charge in [0.05, 0.1) is 18.6 Å². The Morgan fingerprint density at radius 2 is 1.96 bits per heavy atom. The monoisotopic (exact) mass is 351 g/mol. The van der Waals surface area contributed by atoms with E-state index in [2.05, 4.69) is 16.7 Å². The van der Waals surface area contributed by atoms with Crippen LogP contribution in [0.4, 0.5) is 10.5 Å². The van der Waals surface area contributed by atoms with Gasteiger partial charge in [-0.15, -0.1) is 0 Å².